The summed E-state index contributed by atoms with van der Waals surface area (Å²) in [5.41, 5.74) is -1.34. The van der Waals surface area contributed by atoms with Crippen molar-refractivity contribution in [2.24, 2.45) is 0 Å². The average molecular weight is 242 g/mol. The van der Waals surface area contributed by atoms with Crippen molar-refractivity contribution in [3.63, 3.8) is 0 Å². The number of nitrogens with zero attached hydrogens (tertiary/aromatic N) is 1. The van der Waals surface area contributed by atoms with E-state index in [0.29, 0.717) is 13.2 Å². The Morgan fingerprint density at radius 2 is 2.41 bits per heavy atom. The fourth-order valence-corrected chi connectivity index (χ4v) is 2.03. The first-order chi connectivity index (χ1) is 8.08. The lowest BCUT2D eigenvalue weighted by Crippen LogP contribution is -2.44. The van der Waals surface area contributed by atoms with Crippen LogP contribution in [-0.4, -0.2) is 30.8 Å². The molecule has 1 aliphatic rings. The number of halogens is 2. The molecule has 0 amide bonds. The topological polar surface area (TPSA) is 34.1 Å². The number of aromatic nitrogens is 1. The Hall–Kier alpha value is -1.07. The first-order valence-corrected chi connectivity index (χ1v) is 5.69. The van der Waals surface area contributed by atoms with Crippen molar-refractivity contribution in [3.05, 3.63) is 29.8 Å². The maximum atomic E-state index is 14.5. The van der Waals surface area contributed by atoms with Crippen LogP contribution in [-0.2, 0) is 10.4 Å². The summed E-state index contributed by atoms with van der Waals surface area (Å²) in [4.78, 5) is 3.68. The minimum atomic E-state index is -1.60. The smallest absolute Gasteiger partial charge is 0.141 e. The van der Waals surface area contributed by atoms with Crippen molar-refractivity contribution in [1.29, 1.82) is 0 Å². The molecule has 17 heavy (non-hydrogen) atoms. The average Bonchev–Trinajstić information content (AvgIpc) is 2.30. The first kappa shape index (κ1) is 12.4. The van der Waals surface area contributed by atoms with Gasteiger partial charge in [0.2, 0.25) is 0 Å². The van der Waals surface area contributed by atoms with Gasteiger partial charge >= 0.3 is 0 Å². The predicted molar refractivity (Wildman–Crippen MR) is 59.9 cm³/mol. The van der Waals surface area contributed by atoms with E-state index in [1.165, 1.54) is 19.2 Å². The molecule has 2 atom stereocenters. The standard InChI is InChI=1S/C12H16F2N2O/c1-12(14,5-11-8-17-3-2-16-11)9-4-10(13)7-15-6-9/h4,6-7,11,16H,2-3,5,8H2,1H3. The molecule has 0 radical (unpaired) electrons. The van der Waals surface area contributed by atoms with Gasteiger partial charge in [-0.2, -0.15) is 0 Å². The maximum Gasteiger partial charge on any atom is 0.141 e. The van der Waals surface area contributed by atoms with Crippen molar-refractivity contribution in [2.45, 2.75) is 25.1 Å². The van der Waals surface area contributed by atoms with Crippen molar-refractivity contribution in [1.82, 2.24) is 10.3 Å². The van der Waals surface area contributed by atoms with Gasteiger partial charge in [0.15, 0.2) is 0 Å². The number of rotatable bonds is 3. The minimum Gasteiger partial charge on any atom is -0.379 e. The van der Waals surface area contributed by atoms with Crippen LogP contribution < -0.4 is 5.32 Å². The van der Waals surface area contributed by atoms with Crippen molar-refractivity contribution < 1.29 is 13.5 Å². The molecule has 0 spiro atoms. The lowest BCUT2D eigenvalue weighted by atomic mass is 9.92. The van der Waals surface area contributed by atoms with Gasteiger partial charge in [-0.25, -0.2) is 8.78 Å². The molecule has 1 aromatic heterocycles. The van der Waals surface area contributed by atoms with E-state index in [4.69, 9.17) is 4.74 Å². The van der Waals surface area contributed by atoms with Gasteiger partial charge in [-0.15, -0.1) is 0 Å². The van der Waals surface area contributed by atoms with Gasteiger partial charge in [0.05, 0.1) is 19.4 Å². The Morgan fingerprint density at radius 1 is 1.59 bits per heavy atom. The molecular weight excluding hydrogens is 226 g/mol. The summed E-state index contributed by atoms with van der Waals surface area (Å²) >= 11 is 0. The summed E-state index contributed by atoms with van der Waals surface area (Å²) in [6.45, 7) is 3.31. The van der Waals surface area contributed by atoms with Crippen LogP contribution in [0.2, 0.25) is 0 Å². The molecule has 2 unspecified atom stereocenters. The monoisotopic (exact) mass is 242 g/mol. The molecule has 1 aliphatic heterocycles. The summed E-state index contributed by atoms with van der Waals surface area (Å²) in [6, 6.07) is 1.15. The third-order valence-electron chi connectivity index (χ3n) is 2.93. The highest BCUT2D eigenvalue weighted by Gasteiger charge is 2.31. The van der Waals surface area contributed by atoms with Crippen molar-refractivity contribution >= 4 is 0 Å². The van der Waals surface area contributed by atoms with E-state index in [-0.39, 0.29) is 18.0 Å². The van der Waals surface area contributed by atoms with Crippen LogP contribution in [0, 0.1) is 5.82 Å². The number of hydrogen-bond donors (Lipinski definition) is 1. The Labute approximate surface area is 99.2 Å². The molecule has 0 saturated carbocycles. The van der Waals surface area contributed by atoms with E-state index in [0.717, 1.165) is 12.7 Å². The van der Waals surface area contributed by atoms with E-state index >= 15 is 0 Å². The van der Waals surface area contributed by atoms with Crippen LogP contribution in [0.4, 0.5) is 8.78 Å². The summed E-state index contributed by atoms with van der Waals surface area (Å²) < 4.78 is 32.8. The molecule has 1 N–H and O–H groups in total. The highest BCUT2D eigenvalue weighted by atomic mass is 19.1. The van der Waals surface area contributed by atoms with E-state index in [9.17, 15) is 8.78 Å². The number of hydrogen-bond acceptors (Lipinski definition) is 3. The number of pyridine rings is 1. The SMILES string of the molecule is CC(F)(CC1COCCN1)c1cncc(F)c1. The largest absolute Gasteiger partial charge is 0.379 e. The Morgan fingerprint density at radius 3 is 3.06 bits per heavy atom. The van der Waals surface area contributed by atoms with E-state index < -0.39 is 11.5 Å². The molecular formula is C12H16F2N2O. The van der Waals surface area contributed by atoms with Gasteiger partial charge in [0, 0.05) is 30.8 Å². The minimum absolute atomic E-state index is 0.0398. The highest BCUT2D eigenvalue weighted by molar-refractivity contribution is 5.18. The fraction of sp³-hybridized carbons (Fsp3) is 0.583. The van der Waals surface area contributed by atoms with Crippen LogP contribution in [0.15, 0.2) is 18.5 Å². The van der Waals surface area contributed by atoms with E-state index in [1.807, 2.05) is 0 Å². The third-order valence-corrected chi connectivity index (χ3v) is 2.93. The van der Waals surface area contributed by atoms with Gasteiger partial charge in [0.25, 0.3) is 0 Å². The molecule has 1 aromatic rings. The second-order valence-electron chi connectivity index (χ2n) is 4.52. The predicted octanol–water partition coefficient (Wildman–Crippen LogP) is 1.78. The Kier molecular flexibility index (Phi) is 3.69. The van der Waals surface area contributed by atoms with Gasteiger partial charge in [0.1, 0.15) is 11.5 Å². The summed E-state index contributed by atoms with van der Waals surface area (Å²) in [5, 5.41) is 3.18. The van der Waals surface area contributed by atoms with E-state index in [2.05, 4.69) is 10.3 Å². The van der Waals surface area contributed by atoms with Gasteiger partial charge in [-0.3, -0.25) is 4.98 Å². The van der Waals surface area contributed by atoms with Crippen LogP contribution in [0.5, 0.6) is 0 Å². The van der Waals surface area contributed by atoms with Crippen LogP contribution >= 0.6 is 0 Å². The fourth-order valence-electron chi connectivity index (χ4n) is 2.03. The van der Waals surface area contributed by atoms with Crippen molar-refractivity contribution in [3.8, 4) is 0 Å². The zero-order valence-electron chi connectivity index (χ0n) is 9.75. The molecule has 0 aliphatic carbocycles. The van der Waals surface area contributed by atoms with Gasteiger partial charge < -0.3 is 10.1 Å². The lowest BCUT2D eigenvalue weighted by Gasteiger charge is -2.30. The zero-order valence-corrected chi connectivity index (χ0v) is 9.75. The Balaban J connectivity index is 2.06. The Bertz CT molecular complexity index is 379. The molecule has 2 rings (SSSR count). The molecule has 0 bridgehead atoms. The van der Waals surface area contributed by atoms with Crippen LogP contribution in [0.3, 0.4) is 0 Å². The molecule has 5 heteroatoms. The number of alkyl halides is 1. The zero-order chi connectivity index (χ0) is 12.3. The second-order valence-corrected chi connectivity index (χ2v) is 4.52. The van der Waals surface area contributed by atoms with Gasteiger partial charge in [-0.05, 0) is 13.0 Å². The quantitative estimate of drug-likeness (QED) is 0.877. The van der Waals surface area contributed by atoms with E-state index in [1.54, 1.807) is 0 Å². The molecule has 1 saturated heterocycles. The summed E-state index contributed by atoms with van der Waals surface area (Å²) in [6.07, 6.45) is 2.69. The highest BCUT2D eigenvalue weighted by Crippen LogP contribution is 2.30. The van der Waals surface area contributed by atoms with Crippen LogP contribution in [0.1, 0.15) is 18.9 Å². The molecule has 0 aromatic carbocycles. The number of ether oxygens (including phenoxy) is 1. The lowest BCUT2D eigenvalue weighted by molar-refractivity contribution is 0.0473. The maximum absolute atomic E-state index is 14.5. The molecule has 94 valence electrons. The van der Waals surface area contributed by atoms with Crippen molar-refractivity contribution in [2.75, 3.05) is 19.8 Å². The number of nitrogens with one attached hydrogen (secondary N) is 1. The number of morpholine rings is 1. The summed E-state index contributed by atoms with van der Waals surface area (Å²) in [7, 11) is 0. The van der Waals surface area contributed by atoms with Gasteiger partial charge in [-0.1, -0.05) is 0 Å². The second kappa shape index (κ2) is 5.06. The first-order valence-electron chi connectivity index (χ1n) is 5.69. The molecule has 1 fully saturated rings. The third kappa shape index (κ3) is 3.20. The molecule has 2 heterocycles. The molecule has 3 nitrogen and oxygen atoms in total. The summed E-state index contributed by atoms with van der Waals surface area (Å²) in [5.74, 6) is -0.515. The van der Waals surface area contributed by atoms with Crippen LogP contribution in [0.25, 0.3) is 0 Å². The normalized spacial score (nSPS) is 24.3.